The minimum Gasteiger partial charge on any atom is -0.496 e. The van der Waals surface area contributed by atoms with Gasteiger partial charge in [0.2, 0.25) is 5.89 Å². The van der Waals surface area contributed by atoms with Gasteiger partial charge in [-0.25, -0.2) is 4.98 Å². The van der Waals surface area contributed by atoms with Gasteiger partial charge in [0.15, 0.2) is 10.7 Å². The standard InChI is InChI=1S/C24H20ClN3O4S/c1-13-7-8-14(11-16(13)25)23-27-17-12-15(9-10-18(17)32-23)26-24(33)28-22(29)21-19(30-2)5-4-6-20(21)31-3/h4-12H,1-3H3,(H2,26,28,29,33). The van der Waals surface area contributed by atoms with Crippen LogP contribution in [0.2, 0.25) is 5.02 Å². The molecule has 0 aliphatic heterocycles. The summed E-state index contributed by atoms with van der Waals surface area (Å²) in [5.41, 5.74) is 3.89. The fraction of sp³-hybridized carbons (Fsp3) is 0.125. The quantitative estimate of drug-likeness (QED) is 0.359. The minimum absolute atomic E-state index is 0.112. The van der Waals surface area contributed by atoms with E-state index >= 15 is 0 Å². The first kappa shape index (κ1) is 22.6. The lowest BCUT2D eigenvalue weighted by atomic mass is 10.1. The predicted molar refractivity (Wildman–Crippen MR) is 132 cm³/mol. The van der Waals surface area contributed by atoms with Crippen LogP contribution in [-0.4, -0.2) is 30.2 Å². The molecule has 7 nitrogen and oxygen atoms in total. The van der Waals surface area contributed by atoms with Gasteiger partial charge in [-0.05, 0) is 67.2 Å². The van der Waals surface area contributed by atoms with Crippen molar-refractivity contribution in [3.8, 4) is 23.0 Å². The summed E-state index contributed by atoms with van der Waals surface area (Å²) in [5, 5.41) is 6.39. The molecule has 0 unspecified atom stereocenters. The van der Waals surface area contributed by atoms with Gasteiger partial charge in [-0.3, -0.25) is 10.1 Å². The summed E-state index contributed by atoms with van der Waals surface area (Å²) in [7, 11) is 2.96. The number of nitrogens with zero attached hydrogens (tertiary/aromatic N) is 1. The van der Waals surface area contributed by atoms with Crippen molar-refractivity contribution in [3.05, 3.63) is 70.7 Å². The van der Waals surface area contributed by atoms with E-state index in [1.165, 1.54) is 14.2 Å². The molecule has 3 aromatic carbocycles. The maximum absolute atomic E-state index is 12.8. The highest BCUT2D eigenvalue weighted by Gasteiger charge is 2.19. The van der Waals surface area contributed by atoms with Crippen LogP contribution in [-0.2, 0) is 0 Å². The number of oxazole rings is 1. The number of benzene rings is 3. The molecule has 2 N–H and O–H groups in total. The van der Waals surface area contributed by atoms with Crippen molar-refractivity contribution >= 4 is 51.6 Å². The first-order valence-electron chi connectivity index (χ1n) is 9.90. The number of halogens is 1. The van der Waals surface area contributed by atoms with Crippen molar-refractivity contribution < 1.29 is 18.7 Å². The van der Waals surface area contributed by atoms with Crippen LogP contribution < -0.4 is 20.1 Å². The number of rotatable bonds is 5. The summed E-state index contributed by atoms with van der Waals surface area (Å²) in [6, 6.07) is 16.0. The van der Waals surface area contributed by atoms with E-state index in [-0.39, 0.29) is 10.7 Å². The van der Waals surface area contributed by atoms with Crippen LogP contribution in [0.15, 0.2) is 59.0 Å². The van der Waals surface area contributed by atoms with Crippen molar-refractivity contribution in [3.63, 3.8) is 0 Å². The van der Waals surface area contributed by atoms with Gasteiger partial charge >= 0.3 is 0 Å². The number of aromatic nitrogens is 1. The predicted octanol–water partition coefficient (Wildman–Crippen LogP) is 5.60. The Hall–Kier alpha value is -3.62. The van der Waals surface area contributed by atoms with Crippen LogP contribution in [0.4, 0.5) is 5.69 Å². The van der Waals surface area contributed by atoms with Gasteiger partial charge in [-0.15, -0.1) is 0 Å². The van der Waals surface area contributed by atoms with Gasteiger partial charge in [0.25, 0.3) is 5.91 Å². The first-order chi connectivity index (χ1) is 15.9. The number of aryl methyl sites for hydroxylation is 1. The van der Waals surface area contributed by atoms with E-state index in [1.54, 1.807) is 36.4 Å². The second-order valence-corrected chi connectivity index (χ2v) is 7.93. The summed E-state index contributed by atoms with van der Waals surface area (Å²) < 4.78 is 16.4. The molecule has 0 saturated carbocycles. The molecule has 0 saturated heterocycles. The second kappa shape index (κ2) is 9.48. The summed E-state index contributed by atoms with van der Waals surface area (Å²) in [5.74, 6) is 0.760. The highest BCUT2D eigenvalue weighted by atomic mass is 35.5. The van der Waals surface area contributed by atoms with E-state index in [9.17, 15) is 4.79 Å². The van der Waals surface area contributed by atoms with Crippen LogP contribution in [0.25, 0.3) is 22.6 Å². The van der Waals surface area contributed by atoms with E-state index in [4.69, 9.17) is 37.7 Å². The maximum atomic E-state index is 12.8. The second-order valence-electron chi connectivity index (χ2n) is 7.11. The number of carbonyl (C=O) groups is 1. The smallest absolute Gasteiger partial charge is 0.264 e. The van der Waals surface area contributed by atoms with Gasteiger partial charge in [-0.1, -0.05) is 23.7 Å². The molecule has 33 heavy (non-hydrogen) atoms. The Labute approximate surface area is 200 Å². The molecule has 9 heteroatoms. The maximum Gasteiger partial charge on any atom is 0.264 e. The van der Waals surface area contributed by atoms with Crippen LogP contribution >= 0.6 is 23.8 Å². The molecule has 0 bridgehead atoms. The SMILES string of the molecule is COc1cccc(OC)c1C(=O)NC(=S)Nc1ccc2oc(-c3ccc(C)c(Cl)c3)nc2c1. The molecule has 0 spiro atoms. The minimum atomic E-state index is -0.456. The summed E-state index contributed by atoms with van der Waals surface area (Å²) >= 11 is 11.5. The summed E-state index contributed by atoms with van der Waals surface area (Å²) in [6.07, 6.45) is 0. The number of nitrogens with one attached hydrogen (secondary N) is 2. The Morgan fingerprint density at radius 3 is 2.45 bits per heavy atom. The molecule has 0 fully saturated rings. The molecule has 1 aromatic heterocycles. The number of hydrogen-bond donors (Lipinski definition) is 2. The van der Waals surface area contributed by atoms with E-state index in [0.29, 0.717) is 39.2 Å². The number of thiocarbonyl (C=S) groups is 1. The van der Waals surface area contributed by atoms with Gasteiger partial charge < -0.3 is 19.2 Å². The van der Waals surface area contributed by atoms with Gasteiger partial charge in [0, 0.05) is 16.3 Å². The van der Waals surface area contributed by atoms with Crippen LogP contribution in [0.1, 0.15) is 15.9 Å². The molecule has 1 amide bonds. The van der Waals surface area contributed by atoms with Gasteiger partial charge in [0.1, 0.15) is 22.6 Å². The summed E-state index contributed by atoms with van der Waals surface area (Å²) in [6.45, 7) is 1.93. The molecule has 1 heterocycles. The number of carbonyl (C=O) groups excluding carboxylic acids is 1. The van der Waals surface area contributed by atoms with E-state index < -0.39 is 5.91 Å². The zero-order valence-electron chi connectivity index (χ0n) is 18.1. The van der Waals surface area contributed by atoms with E-state index in [1.807, 2.05) is 25.1 Å². The van der Waals surface area contributed by atoms with Gasteiger partial charge in [0.05, 0.1) is 14.2 Å². The zero-order valence-corrected chi connectivity index (χ0v) is 19.6. The van der Waals surface area contributed by atoms with Crippen molar-refractivity contribution in [2.24, 2.45) is 0 Å². The number of amides is 1. The Balaban J connectivity index is 1.51. The van der Waals surface area contributed by atoms with Gasteiger partial charge in [-0.2, -0.15) is 0 Å². The average Bonchev–Trinajstić information content (AvgIpc) is 3.23. The molecule has 168 valence electrons. The lowest BCUT2D eigenvalue weighted by Crippen LogP contribution is -2.34. The number of methoxy groups -OCH3 is 2. The van der Waals surface area contributed by atoms with Crippen molar-refractivity contribution in [1.29, 1.82) is 0 Å². The zero-order chi connectivity index (χ0) is 23.5. The van der Waals surface area contributed by atoms with Crippen molar-refractivity contribution in [1.82, 2.24) is 10.3 Å². The lowest BCUT2D eigenvalue weighted by molar-refractivity contribution is 0.0971. The molecular weight excluding hydrogens is 462 g/mol. The largest absolute Gasteiger partial charge is 0.496 e. The molecular formula is C24H20ClN3O4S. The summed E-state index contributed by atoms with van der Waals surface area (Å²) in [4.78, 5) is 17.3. The topological polar surface area (TPSA) is 85.6 Å². The number of anilines is 1. The third-order valence-electron chi connectivity index (χ3n) is 4.95. The van der Waals surface area contributed by atoms with Crippen molar-refractivity contribution in [2.45, 2.75) is 6.92 Å². The Bertz CT molecular complexity index is 1350. The van der Waals surface area contributed by atoms with Crippen LogP contribution in [0.3, 0.4) is 0 Å². The Morgan fingerprint density at radius 1 is 1.06 bits per heavy atom. The lowest BCUT2D eigenvalue weighted by Gasteiger charge is -2.14. The highest BCUT2D eigenvalue weighted by Crippen LogP contribution is 2.30. The van der Waals surface area contributed by atoms with E-state index in [0.717, 1.165) is 11.1 Å². The number of hydrogen-bond acceptors (Lipinski definition) is 6. The number of fused-ring (bicyclic) bond motifs is 1. The van der Waals surface area contributed by atoms with Crippen LogP contribution in [0.5, 0.6) is 11.5 Å². The first-order valence-corrected chi connectivity index (χ1v) is 10.7. The van der Waals surface area contributed by atoms with E-state index in [2.05, 4.69) is 15.6 Å². The third-order valence-corrected chi connectivity index (χ3v) is 5.56. The fourth-order valence-electron chi connectivity index (χ4n) is 3.26. The van der Waals surface area contributed by atoms with Crippen molar-refractivity contribution in [2.75, 3.05) is 19.5 Å². The Morgan fingerprint density at radius 2 is 1.79 bits per heavy atom. The number of ether oxygens (including phenoxy) is 2. The molecule has 0 aliphatic rings. The third kappa shape index (κ3) is 4.76. The monoisotopic (exact) mass is 481 g/mol. The van der Waals surface area contributed by atoms with Crippen LogP contribution in [0, 0.1) is 6.92 Å². The average molecular weight is 482 g/mol. The molecule has 0 radical (unpaired) electrons. The fourth-order valence-corrected chi connectivity index (χ4v) is 3.65. The highest BCUT2D eigenvalue weighted by molar-refractivity contribution is 7.80. The normalized spacial score (nSPS) is 10.7. The molecule has 0 aliphatic carbocycles. The molecule has 4 aromatic rings. The molecule has 4 rings (SSSR count). The Kier molecular flexibility index (Phi) is 6.48. The molecule has 0 atom stereocenters.